The maximum absolute atomic E-state index is 13.2. The van der Waals surface area contributed by atoms with Crippen molar-refractivity contribution in [2.45, 2.75) is 51.6 Å². The lowest BCUT2D eigenvalue weighted by atomic mass is 9.87. The highest BCUT2D eigenvalue weighted by Gasteiger charge is 2.28. The quantitative estimate of drug-likeness (QED) is 0.381. The number of carbonyl (C=O) groups is 1. The molecule has 1 atom stereocenters. The molecule has 180 valence electrons. The van der Waals surface area contributed by atoms with E-state index in [9.17, 15) is 4.79 Å². The van der Waals surface area contributed by atoms with Gasteiger partial charge in [-0.15, -0.1) is 10.2 Å². The van der Waals surface area contributed by atoms with E-state index in [1.165, 1.54) is 5.56 Å². The van der Waals surface area contributed by atoms with Crippen molar-refractivity contribution in [3.8, 4) is 5.75 Å². The molecule has 1 saturated heterocycles. The zero-order chi connectivity index (χ0) is 24.4. The van der Waals surface area contributed by atoms with Crippen LogP contribution in [-0.4, -0.2) is 38.5 Å². The molecule has 3 heterocycles. The van der Waals surface area contributed by atoms with Gasteiger partial charge in [-0.05, 0) is 65.8 Å². The fraction of sp³-hybridized carbons (Fsp3) is 0.345. The maximum Gasteiger partial charge on any atom is 0.253 e. The second-order valence-electron chi connectivity index (χ2n) is 10.3. The Labute approximate surface area is 206 Å². The molecule has 1 amide bonds. The number of hydrogen-bond donors (Lipinski definition) is 0. The van der Waals surface area contributed by atoms with E-state index in [4.69, 9.17) is 4.74 Å². The fourth-order valence-electron chi connectivity index (χ4n) is 4.65. The Morgan fingerprint density at radius 3 is 2.51 bits per heavy atom. The first kappa shape index (κ1) is 23.1. The molecule has 1 aliphatic heterocycles. The summed E-state index contributed by atoms with van der Waals surface area (Å²) in [6, 6.07) is 21.9. The number of nitrogens with zero attached hydrogens (tertiary/aromatic N) is 4. The van der Waals surface area contributed by atoms with Gasteiger partial charge in [0.2, 0.25) is 0 Å². The molecule has 1 fully saturated rings. The van der Waals surface area contributed by atoms with Gasteiger partial charge in [-0.2, -0.15) is 0 Å². The smallest absolute Gasteiger partial charge is 0.253 e. The standard InChI is InChI=1S/C29H32N4O2/c1-29(2,3)24-13-15-25(16-14-24)35-20-21-9-11-22(12-10-21)28(34)32-17-6-7-23(19-32)27-31-30-26-8-4-5-18-33(26)27/h4-5,8-16,18,23H,6-7,17,19-20H2,1-3H3. The minimum atomic E-state index is 0.0637. The SMILES string of the molecule is CC(C)(C)c1ccc(OCc2ccc(C(=O)N3CCCC(c4nnc5ccccn45)C3)cc2)cc1. The summed E-state index contributed by atoms with van der Waals surface area (Å²) in [5.74, 6) is 2.02. The number of piperidine rings is 1. The van der Waals surface area contributed by atoms with Crippen LogP contribution in [0.5, 0.6) is 5.75 Å². The van der Waals surface area contributed by atoms with Gasteiger partial charge in [0.1, 0.15) is 18.2 Å². The first-order valence-corrected chi connectivity index (χ1v) is 12.3. The molecule has 0 bridgehead atoms. The van der Waals surface area contributed by atoms with E-state index in [0.717, 1.165) is 42.2 Å². The lowest BCUT2D eigenvalue weighted by Crippen LogP contribution is -2.39. The summed E-state index contributed by atoms with van der Waals surface area (Å²) >= 11 is 0. The monoisotopic (exact) mass is 468 g/mol. The van der Waals surface area contributed by atoms with E-state index in [0.29, 0.717) is 18.7 Å². The van der Waals surface area contributed by atoms with E-state index >= 15 is 0 Å². The van der Waals surface area contributed by atoms with Crippen LogP contribution >= 0.6 is 0 Å². The highest BCUT2D eigenvalue weighted by molar-refractivity contribution is 5.94. The van der Waals surface area contributed by atoms with Gasteiger partial charge in [0.05, 0.1) is 0 Å². The first-order valence-electron chi connectivity index (χ1n) is 12.3. The van der Waals surface area contributed by atoms with Crippen LogP contribution in [0.3, 0.4) is 0 Å². The van der Waals surface area contributed by atoms with E-state index in [2.05, 4.69) is 43.1 Å². The van der Waals surface area contributed by atoms with Crippen molar-refractivity contribution in [2.75, 3.05) is 13.1 Å². The van der Waals surface area contributed by atoms with Crippen LogP contribution < -0.4 is 4.74 Å². The molecule has 0 radical (unpaired) electrons. The summed E-state index contributed by atoms with van der Waals surface area (Å²) in [6.45, 7) is 8.49. The predicted octanol–water partition coefficient (Wildman–Crippen LogP) is 5.63. The number of benzene rings is 2. The normalized spacial score (nSPS) is 16.4. The van der Waals surface area contributed by atoms with Crippen LogP contribution in [0.25, 0.3) is 5.65 Å². The zero-order valence-electron chi connectivity index (χ0n) is 20.6. The Morgan fingerprint density at radius 1 is 1.00 bits per heavy atom. The topological polar surface area (TPSA) is 59.7 Å². The van der Waals surface area contributed by atoms with Crippen LogP contribution in [0, 0.1) is 0 Å². The Hall–Kier alpha value is -3.67. The number of amides is 1. The summed E-state index contributed by atoms with van der Waals surface area (Å²) in [5, 5.41) is 8.70. The van der Waals surface area contributed by atoms with Gasteiger partial charge in [0.25, 0.3) is 5.91 Å². The molecule has 4 aromatic rings. The van der Waals surface area contributed by atoms with Gasteiger partial charge in [-0.3, -0.25) is 9.20 Å². The van der Waals surface area contributed by atoms with E-state index in [1.54, 1.807) is 0 Å². The molecule has 5 rings (SSSR count). The Balaban J connectivity index is 1.21. The Bertz CT molecular complexity index is 1300. The molecule has 2 aromatic heterocycles. The van der Waals surface area contributed by atoms with Gasteiger partial charge in [0, 0.05) is 30.8 Å². The fourth-order valence-corrected chi connectivity index (χ4v) is 4.65. The van der Waals surface area contributed by atoms with Crippen molar-refractivity contribution in [1.82, 2.24) is 19.5 Å². The summed E-state index contributed by atoms with van der Waals surface area (Å²) < 4.78 is 7.99. The van der Waals surface area contributed by atoms with Crippen LogP contribution in [0.15, 0.2) is 72.9 Å². The third-order valence-electron chi connectivity index (χ3n) is 6.74. The average molecular weight is 469 g/mol. The highest BCUT2D eigenvalue weighted by Crippen LogP contribution is 2.27. The summed E-state index contributed by atoms with van der Waals surface area (Å²) in [7, 11) is 0. The number of aromatic nitrogens is 3. The maximum atomic E-state index is 13.2. The van der Waals surface area contributed by atoms with Crippen LogP contribution in [-0.2, 0) is 12.0 Å². The molecule has 0 aliphatic carbocycles. The Morgan fingerprint density at radius 2 is 1.77 bits per heavy atom. The molecule has 35 heavy (non-hydrogen) atoms. The number of carbonyl (C=O) groups excluding carboxylic acids is 1. The second kappa shape index (κ2) is 9.53. The van der Waals surface area contributed by atoms with E-state index in [-0.39, 0.29) is 17.2 Å². The van der Waals surface area contributed by atoms with Crippen molar-refractivity contribution in [1.29, 1.82) is 0 Å². The van der Waals surface area contributed by atoms with Crippen molar-refractivity contribution >= 4 is 11.6 Å². The van der Waals surface area contributed by atoms with E-state index < -0.39 is 0 Å². The van der Waals surface area contributed by atoms with Gasteiger partial charge in [-0.1, -0.05) is 51.1 Å². The first-order chi connectivity index (χ1) is 16.9. The molecule has 6 nitrogen and oxygen atoms in total. The van der Waals surface area contributed by atoms with Gasteiger partial charge < -0.3 is 9.64 Å². The van der Waals surface area contributed by atoms with Gasteiger partial charge >= 0.3 is 0 Å². The van der Waals surface area contributed by atoms with Crippen LogP contribution in [0.4, 0.5) is 0 Å². The van der Waals surface area contributed by atoms with Crippen molar-refractivity contribution in [3.63, 3.8) is 0 Å². The van der Waals surface area contributed by atoms with Crippen molar-refractivity contribution < 1.29 is 9.53 Å². The zero-order valence-corrected chi connectivity index (χ0v) is 20.6. The minimum absolute atomic E-state index is 0.0637. The van der Waals surface area contributed by atoms with Crippen LogP contribution in [0.2, 0.25) is 0 Å². The van der Waals surface area contributed by atoms with Crippen molar-refractivity contribution in [2.24, 2.45) is 0 Å². The molecule has 2 aromatic carbocycles. The molecular weight excluding hydrogens is 436 g/mol. The molecule has 1 aliphatic rings. The highest BCUT2D eigenvalue weighted by atomic mass is 16.5. The number of pyridine rings is 1. The summed E-state index contributed by atoms with van der Waals surface area (Å²) in [5.41, 5.74) is 3.99. The number of hydrogen-bond acceptors (Lipinski definition) is 4. The second-order valence-corrected chi connectivity index (χ2v) is 10.3. The third-order valence-corrected chi connectivity index (χ3v) is 6.74. The number of rotatable bonds is 5. The molecule has 0 spiro atoms. The van der Waals surface area contributed by atoms with Crippen molar-refractivity contribution in [3.05, 3.63) is 95.4 Å². The van der Waals surface area contributed by atoms with Crippen LogP contribution in [0.1, 0.15) is 66.8 Å². The number of likely N-dealkylation sites (tertiary alicyclic amines) is 1. The molecule has 1 unspecified atom stereocenters. The molecular formula is C29H32N4O2. The van der Waals surface area contributed by atoms with E-state index in [1.807, 2.05) is 70.1 Å². The lowest BCUT2D eigenvalue weighted by molar-refractivity contribution is 0.0704. The minimum Gasteiger partial charge on any atom is -0.489 e. The number of fused-ring (bicyclic) bond motifs is 1. The van der Waals surface area contributed by atoms with Gasteiger partial charge in [0.15, 0.2) is 5.65 Å². The average Bonchev–Trinajstić information content (AvgIpc) is 3.31. The number of ether oxygens (including phenoxy) is 1. The molecule has 6 heteroatoms. The summed E-state index contributed by atoms with van der Waals surface area (Å²) in [6.07, 6.45) is 3.95. The molecule has 0 N–H and O–H groups in total. The lowest BCUT2D eigenvalue weighted by Gasteiger charge is -2.32. The Kier molecular flexibility index (Phi) is 6.29. The largest absolute Gasteiger partial charge is 0.489 e. The summed E-state index contributed by atoms with van der Waals surface area (Å²) in [4.78, 5) is 15.2. The third kappa shape index (κ3) is 5.06. The predicted molar refractivity (Wildman–Crippen MR) is 137 cm³/mol. The molecule has 0 saturated carbocycles. The van der Waals surface area contributed by atoms with Gasteiger partial charge in [-0.25, -0.2) is 0 Å².